The van der Waals surface area contributed by atoms with Crippen molar-refractivity contribution in [3.05, 3.63) is 57.1 Å². The standard InChI is InChI=1S/C15H14Cl2N2O/c1-8-6-12(18)13(7-9(8)2)19-15(20)14-10(16)4-3-5-11(14)17/h3-7H,18H2,1-2H3,(H,19,20). The second kappa shape index (κ2) is 5.73. The predicted octanol–water partition coefficient (Wildman–Crippen LogP) is 4.44. The zero-order valence-corrected chi connectivity index (χ0v) is 12.6. The fraction of sp³-hybridized carbons (Fsp3) is 0.133. The topological polar surface area (TPSA) is 55.1 Å². The molecular weight excluding hydrogens is 295 g/mol. The van der Waals surface area contributed by atoms with E-state index in [1.807, 2.05) is 26.0 Å². The highest BCUT2D eigenvalue weighted by Gasteiger charge is 2.15. The second-order valence-corrected chi connectivity index (χ2v) is 5.39. The van der Waals surface area contributed by atoms with Crippen molar-refractivity contribution in [2.75, 3.05) is 11.1 Å². The van der Waals surface area contributed by atoms with Crippen LogP contribution in [0.2, 0.25) is 10.0 Å². The van der Waals surface area contributed by atoms with Crippen LogP contribution in [0.25, 0.3) is 0 Å². The number of halogens is 2. The Kier molecular flexibility index (Phi) is 4.21. The van der Waals surface area contributed by atoms with Gasteiger partial charge in [0.1, 0.15) is 0 Å². The molecule has 5 heteroatoms. The number of benzene rings is 2. The second-order valence-electron chi connectivity index (χ2n) is 4.57. The van der Waals surface area contributed by atoms with Crippen LogP contribution < -0.4 is 11.1 Å². The first-order valence-electron chi connectivity index (χ1n) is 6.02. The van der Waals surface area contributed by atoms with Crippen molar-refractivity contribution in [3.63, 3.8) is 0 Å². The van der Waals surface area contributed by atoms with E-state index in [9.17, 15) is 4.79 Å². The van der Waals surface area contributed by atoms with Crippen LogP contribution in [0.15, 0.2) is 30.3 Å². The number of carbonyl (C=O) groups is 1. The summed E-state index contributed by atoms with van der Waals surface area (Å²) in [6.45, 7) is 3.91. The van der Waals surface area contributed by atoms with E-state index in [-0.39, 0.29) is 11.5 Å². The molecule has 2 aromatic rings. The normalized spacial score (nSPS) is 10.4. The van der Waals surface area contributed by atoms with Gasteiger partial charge in [0.2, 0.25) is 0 Å². The molecule has 0 bridgehead atoms. The van der Waals surface area contributed by atoms with Crippen molar-refractivity contribution in [2.24, 2.45) is 0 Å². The van der Waals surface area contributed by atoms with Crippen LogP contribution >= 0.6 is 23.2 Å². The van der Waals surface area contributed by atoms with Gasteiger partial charge in [-0.2, -0.15) is 0 Å². The highest BCUT2D eigenvalue weighted by atomic mass is 35.5. The molecule has 0 atom stereocenters. The van der Waals surface area contributed by atoms with Crippen LogP contribution in [0.4, 0.5) is 11.4 Å². The summed E-state index contributed by atoms with van der Waals surface area (Å²) in [6, 6.07) is 8.57. The molecule has 0 aromatic heterocycles. The maximum absolute atomic E-state index is 12.3. The van der Waals surface area contributed by atoms with Gasteiger partial charge in [-0.1, -0.05) is 29.3 Å². The Bertz CT molecular complexity index is 664. The van der Waals surface area contributed by atoms with E-state index in [1.165, 1.54) is 0 Å². The van der Waals surface area contributed by atoms with Gasteiger partial charge in [-0.05, 0) is 49.2 Å². The number of nitrogens with one attached hydrogen (secondary N) is 1. The van der Waals surface area contributed by atoms with E-state index in [0.717, 1.165) is 11.1 Å². The summed E-state index contributed by atoms with van der Waals surface area (Å²) >= 11 is 12.0. The van der Waals surface area contributed by atoms with E-state index in [1.54, 1.807) is 18.2 Å². The van der Waals surface area contributed by atoms with Crippen molar-refractivity contribution < 1.29 is 4.79 Å². The molecular formula is C15H14Cl2N2O. The van der Waals surface area contributed by atoms with Crippen molar-refractivity contribution in [3.8, 4) is 0 Å². The number of rotatable bonds is 2. The van der Waals surface area contributed by atoms with Crippen molar-refractivity contribution in [2.45, 2.75) is 13.8 Å². The van der Waals surface area contributed by atoms with Gasteiger partial charge in [-0.25, -0.2) is 0 Å². The number of nitrogens with two attached hydrogens (primary N) is 1. The van der Waals surface area contributed by atoms with Crippen molar-refractivity contribution >= 4 is 40.5 Å². The lowest BCUT2D eigenvalue weighted by molar-refractivity contribution is 0.102. The molecule has 0 fully saturated rings. The summed E-state index contributed by atoms with van der Waals surface area (Å²) in [4.78, 5) is 12.3. The molecule has 0 aliphatic heterocycles. The molecule has 0 aliphatic carbocycles. The molecule has 3 N–H and O–H groups in total. The maximum atomic E-state index is 12.3. The minimum atomic E-state index is -0.379. The third kappa shape index (κ3) is 2.89. The molecule has 0 spiro atoms. The summed E-state index contributed by atoms with van der Waals surface area (Å²) < 4.78 is 0. The zero-order chi connectivity index (χ0) is 14.9. The molecule has 0 saturated carbocycles. The number of anilines is 2. The fourth-order valence-corrected chi connectivity index (χ4v) is 2.42. The van der Waals surface area contributed by atoms with Gasteiger partial charge in [0.05, 0.1) is 27.0 Å². The van der Waals surface area contributed by atoms with E-state index < -0.39 is 0 Å². The lowest BCUT2D eigenvalue weighted by Gasteiger charge is -2.12. The molecule has 2 aromatic carbocycles. The minimum absolute atomic E-state index is 0.244. The molecule has 0 radical (unpaired) electrons. The highest BCUT2D eigenvalue weighted by Crippen LogP contribution is 2.28. The monoisotopic (exact) mass is 308 g/mol. The van der Waals surface area contributed by atoms with E-state index in [0.29, 0.717) is 21.4 Å². The summed E-state index contributed by atoms with van der Waals surface area (Å²) in [5, 5.41) is 3.35. The fourth-order valence-electron chi connectivity index (χ4n) is 1.85. The maximum Gasteiger partial charge on any atom is 0.258 e. The highest BCUT2D eigenvalue weighted by molar-refractivity contribution is 6.40. The molecule has 0 unspecified atom stereocenters. The van der Waals surface area contributed by atoms with E-state index >= 15 is 0 Å². The Morgan fingerprint density at radius 2 is 1.65 bits per heavy atom. The van der Waals surface area contributed by atoms with Crippen LogP contribution in [-0.2, 0) is 0 Å². The lowest BCUT2D eigenvalue weighted by Crippen LogP contribution is -2.14. The smallest absolute Gasteiger partial charge is 0.258 e. The zero-order valence-electron chi connectivity index (χ0n) is 11.1. The molecule has 0 saturated heterocycles. The molecule has 2 rings (SSSR count). The number of aryl methyl sites for hydroxylation is 2. The van der Waals surface area contributed by atoms with Crippen LogP contribution in [0.3, 0.4) is 0 Å². The van der Waals surface area contributed by atoms with Gasteiger partial charge in [0, 0.05) is 0 Å². The number of nitrogen functional groups attached to an aromatic ring is 1. The first-order chi connectivity index (χ1) is 9.40. The van der Waals surface area contributed by atoms with E-state index in [2.05, 4.69) is 5.32 Å². The van der Waals surface area contributed by atoms with Crippen LogP contribution in [0.1, 0.15) is 21.5 Å². The number of hydrogen-bond acceptors (Lipinski definition) is 2. The summed E-state index contributed by atoms with van der Waals surface area (Å²) in [5.41, 5.74) is 9.32. The Balaban J connectivity index is 2.35. The number of carbonyl (C=O) groups excluding carboxylic acids is 1. The van der Waals surface area contributed by atoms with Gasteiger partial charge in [0.25, 0.3) is 5.91 Å². The molecule has 0 heterocycles. The van der Waals surface area contributed by atoms with Gasteiger partial charge in [-0.3, -0.25) is 4.79 Å². The third-order valence-electron chi connectivity index (χ3n) is 3.10. The number of amides is 1. The summed E-state index contributed by atoms with van der Waals surface area (Å²) in [6.07, 6.45) is 0. The average molecular weight is 309 g/mol. The molecule has 3 nitrogen and oxygen atoms in total. The van der Waals surface area contributed by atoms with Crippen LogP contribution in [0.5, 0.6) is 0 Å². The summed E-state index contributed by atoms with van der Waals surface area (Å²) in [7, 11) is 0. The Morgan fingerprint density at radius 3 is 2.25 bits per heavy atom. The minimum Gasteiger partial charge on any atom is -0.397 e. The molecule has 104 valence electrons. The average Bonchev–Trinajstić information content (AvgIpc) is 2.35. The van der Waals surface area contributed by atoms with Gasteiger partial charge in [-0.15, -0.1) is 0 Å². The molecule has 20 heavy (non-hydrogen) atoms. The van der Waals surface area contributed by atoms with Gasteiger partial charge >= 0.3 is 0 Å². The molecule has 1 amide bonds. The van der Waals surface area contributed by atoms with E-state index in [4.69, 9.17) is 28.9 Å². The van der Waals surface area contributed by atoms with Gasteiger partial charge < -0.3 is 11.1 Å². The van der Waals surface area contributed by atoms with Crippen molar-refractivity contribution in [1.29, 1.82) is 0 Å². The Morgan fingerprint density at radius 1 is 1.10 bits per heavy atom. The SMILES string of the molecule is Cc1cc(N)c(NC(=O)c2c(Cl)cccc2Cl)cc1C. The number of hydrogen-bond donors (Lipinski definition) is 2. The predicted molar refractivity (Wildman–Crippen MR) is 84.7 cm³/mol. The quantitative estimate of drug-likeness (QED) is 0.806. The third-order valence-corrected chi connectivity index (χ3v) is 3.73. The first kappa shape index (κ1) is 14.7. The largest absolute Gasteiger partial charge is 0.397 e. The molecule has 0 aliphatic rings. The van der Waals surface area contributed by atoms with Crippen LogP contribution in [0, 0.1) is 13.8 Å². The van der Waals surface area contributed by atoms with Crippen LogP contribution in [-0.4, -0.2) is 5.91 Å². The Labute approximate surface area is 127 Å². The Hall–Kier alpha value is -1.71. The van der Waals surface area contributed by atoms with Crippen molar-refractivity contribution in [1.82, 2.24) is 0 Å². The van der Waals surface area contributed by atoms with Gasteiger partial charge in [0.15, 0.2) is 0 Å². The lowest BCUT2D eigenvalue weighted by atomic mass is 10.1. The first-order valence-corrected chi connectivity index (χ1v) is 6.78. The summed E-state index contributed by atoms with van der Waals surface area (Å²) in [5.74, 6) is -0.379.